The molecule has 84 valence electrons. The van der Waals surface area contributed by atoms with Crippen molar-refractivity contribution in [1.82, 2.24) is 4.90 Å². The van der Waals surface area contributed by atoms with Crippen molar-refractivity contribution in [3.63, 3.8) is 0 Å². The van der Waals surface area contributed by atoms with Crippen LogP contribution in [-0.2, 0) is 11.2 Å². The van der Waals surface area contributed by atoms with E-state index in [0.717, 1.165) is 28.3 Å². The van der Waals surface area contributed by atoms with E-state index in [1.807, 2.05) is 18.2 Å². The molecule has 3 nitrogen and oxygen atoms in total. The Bertz CT molecular complexity index is 431. The summed E-state index contributed by atoms with van der Waals surface area (Å²) in [6.45, 7) is 1.23. The number of benzene rings is 1. The summed E-state index contributed by atoms with van der Waals surface area (Å²) in [5, 5.41) is 0. The lowest BCUT2D eigenvalue weighted by Gasteiger charge is -2.28. The number of amides is 1. The van der Waals surface area contributed by atoms with E-state index in [-0.39, 0.29) is 5.91 Å². The van der Waals surface area contributed by atoms with Crippen LogP contribution in [0, 0.1) is 0 Å². The molecule has 0 saturated carbocycles. The Morgan fingerprint density at radius 2 is 2.25 bits per heavy atom. The highest BCUT2D eigenvalue weighted by Crippen LogP contribution is 2.22. The van der Waals surface area contributed by atoms with E-state index in [1.54, 1.807) is 4.90 Å². The predicted octanol–water partition coefficient (Wildman–Crippen LogP) is 2.04. The van der Waals surface area contributed by atoms with Crippen molar-refractivity contribution < 1.29 is 9.59 Å². The smallest absolute Gasteiger partial charge is 0.254 e. The second-order valence-corrected chi connectivity index (χ2v) is 4.71. The highest BCUT2D eigenvalue weighted by Gasteiger charge is 2.23. The van der Waals surface area contributed by atoms with Gasteiger partial charge in [0.15, 0.2) is 0 Å². The lowest BCUT2D eigenvalue weighted by atomic mass is 9.99. The predicted molar refractivity (Wildman–Crippen MR) is 64.4 cm³/mol. The molecule has 1 aromatic carbocycles. The Kier molecular flexibility index (Phi) is 3.39. The number of hydrogen-bond donors (Lipinski definition) is 0. The summed E-state index contributed by atoms with van der Waals surface area (Å²) in [4.78, 5) is 24.1. The van der Waals surface area contributed by atoms with Gasteiger partial charge in [-0.3, -0.25) is 4.79 Å². The van der Waals surface area contributed by atoms with E-state index in [4.69, 9.17) is 0 Å². The number of halogens is 1. The molecule has 0 aromatic heterocycles. The third kappa shape index (κ3) is 2.16. The molecular formula is C12H12BrNO2. The SMILES string of the molecule is O=CCCN1CCc2cc(Br)ccc2C1=O. The summed E-state index contributed by atoms with van der Waals surface area (Å²) in [6, 6.07) is 5.71. The summed E-state index contributed by atoms with van der Waals surface area (Å²) in [6.07, 6.45) is 2.13. The highest BCUT2D eigenvalue weighted by atomic mass is 79.9. The Morgan fingerprint density at radius 1 is 1.44 bits per heavy atom. The van der Waals surface area contributed by atoms with E-state index in [0.29, 0.717) is 19.5 Å². The van der Waals surface area contributed by atoms with Crippen LogP contribution in [0.2, 0.25) is 0 Å². The molecule has 16 heavy (non-hydrogen) atoms. The third-order valence-corrected chi connectivity index (χ3v) is 3.25. The summed E-state index contributed by atoms with van der Waals surface area (Å²) < 4.78 is 1.00. The van der Waals surface area contributed by atoms with Crippen molar-refractivity contribution in [2.45, 2.75) is 12.8 Å². The van der Waals surface area contributed by atoms with Gasteiger partial charge in [0.25, 0.3) is 5.91 Å². The normalized spacial score (nSPS) is 14.8. The van der Waals surface area contributed by atoms with Crippen LogP contribution < -0.4 is 0 Å². The molecule has 0 N–H and O–H groups in total. The minimum Gasteiger partial charge on any atom is -0.338 e. The fourth-order valence-electron chi connectivity index (χ4n) is 1.93. The number of hydrogen-bond acceptors (Lipinski definition) is 2. The molecule has 1 aliphatic heterocycles. The van der Waals surface area contributed by atoms with Crippen molar-refractivity contribution in [1.29, 1.82) is 0 Å². The molecule has 1 amide bonds. The molecule has 2 rings (SSSR count). The van der Waals surface area contributed by atoms with E-state index in [1.165, 1.54) is 0 Å². The number of nitrogens with zero attached hydrogens (tertiary/aromatic N) is 1. The van der Waals surface area contributed by atoms with Gasteiger partial charge in [0.05, 0.1) is 0 Å². The summed E-state index contributed by atoms with van der Waals surface area (Å²) in [5.41, 5.74) is 1.85. The molecule has 0 saturated heterocycles. The van der Waals surface area contributed by atoms with Crippen LogP contribution in [0.15, 0.2) is 22.7 Å². The molecule has 0 atom stereocenters. The maximum atomic E-state index is 12.0. The Balaban J connectivity index is 2.22. The highest BCUT2D eigenvalue weighted by molar-refractivity contribution is 9.10. The molecule has 1 heterocycles. The minimum atomic E-state index is 0.0376. The fourth-order valence-corrected chi connectivity index (χ4v) is 2.34. The van der Waals surface area contributed by atoms with Gasteiger partial charge in [0.2, 0.25) is 0 Å². The van der Waals surface area contributed by atoms with Gasteiger partial charge in [0.1, 0.15) is 6.29 Å². The van der Waals surface area contributed by atoms with Gasteiger partial charge in [0, 0.05) is 29.5 Å². The first-order valence-corrected chi connectivity index (χ1v) is 6.03. The molecule has 4 heteroatoms. The average molecular weight is 282 g/mol. The van der Waals surface area contributed by atoms with Crippen LogP contribution >= 0.6 is 15.9 Å². The molecule has 0 radical (unpaired) electrons. The molecule has 0 bridgehead atoms. The fraction of sp³-hybridized carbons (Fsp3) is 0.333. The lowest BCUT2D eigenvalue weighted by molar-refractivity contribution is -0.108. The van der Waals surface area contributed by atoms with Crippen molar-refractivity contribution in [3.05, 3.63) is 33.8 Å². The molecule has 1 aromatic rings. The van der Waals surface area contributed by atoms with Crippen molar-refractivity contribution in [2.24, 2.45) is 0 Å². The van der Waals surface area contributed by atoms with Crippen LogP contribution in [0.25, 0.3) is 0 Å². The van der Waals surface area contributed by atoms with Gasteiger partial charge in [-0.1, -0.05) is 15.9 Å². The summed E-state index contributed by atoms with van der Waals surface area (Å²) >= 11 is 3.40. The molecule has 1 aliphatic rings. The zero-order chi connectivity index (χ0) is 11.5. The second kappa shape index (κ2) is 4.78. The Hall–Kier alpha value is -1.16. The standard InChI is InChI=1S/C12H12BrNO2/c13-10-2-3-11-9(8-10)4-6-14(12(11)16)5-1-7-15/h2-3,7-8H,1,4-6H2. The van der Waals surface area contributed by atoms with Gasteiger partial charge >= 0.3 is 0 Å². The van der Waals surface area contributed by atoms with Crippen LogP contribution in [0.4, 0.5) is 0 Å². The number of carbonyl (C=O) groups is 2. The first-order chi connectivity index (χ1) is 7.72. The Morgan fingerprint density at radius 3 is 3.00 bits per heavy atom. The molecular weight excluding hydrogens is 270 g/mol. The number of fused-ring (bicyclic) bond motifs is 1. The van der Waals surface area contributed by atoms with Crippen molar-refractivity contribution in [3.8, 4) is 0 Å². The maximum absolute atomic E-state index is 12.0. The molecule has 0 spiro atoms. The zero-order valence-electron chi connectivity index (χ0n) is 8.78. The van der Waals surface area contributed by atoms with Gasteiger partial charge in [-0.05, 0) is 30.2 Å². The molecule has 0 unspecified atom stereocenters. The van der Waals surface area contributed by atoms with Crippen LogP contribution in [-0.4, -0.2) is 30.2 Å². The topological polar surface area (TPSA) is 37.4 Å². The summed E-state index contributed by atoms with van der Waals surface area (Å²) in [7, 11) is 0. The first-order valence-electron chi connectivity index (χ1n) is 5.23. The number of aldehydes is 1. The van der Waals surface area contributed by atoms with Crippen LogP contribution in [0.3, 0.4) is 0 Å². The van der Waals surface area contributed by atoms with Gasteiger partial charge in [-0.2, -0.15) is 0 Å². The van der Waals surface area contributed by atoms with Gasteiger partial charge < -0.3 is 9.69 Å². The lowest BCUT2D eigenvalue weighted by Crippen LogP contribution is -2.38. The maximum Gasteiger partial charge on any atom is 0.254 e. The quantitative estimate of drug-likeness (QED) is 0.795. The van der Waals surface area contributed by atoms with E-state index in [2.05, 4.69) is 15.9 Å². The first kappa shape index (κ1) is 11.3. The van der Waals surface area contributed by atoms with Crippen molar-refractivity contribution >= 4 is 28.1 Å². The average Bonchev–Trinajstić information content (AvgIpc) is 2.28. The van der Waals surface area contributed by atoms with Gasteiger partial charge in [-0.25, -0.2) is 0 Å². The molecule has 0 fully saturated rings. The van der Waals surface area contributed by atoms with E-state index in [9.17, 15) is 9.59 Å². The largest absolute Gasteiger partial charge is 0.338 e. The summed E-state index contributed by atoms with van der Waals surface area (Å²) in [5.74, 6) is 0.0376. The monoisotopic (exact) mass is 281 g/mol. The number of rotatable bonds is 3. The minimum absolute atomic E-state index is 0.0376. The van der Waals surface area contributed by atoms with Crippen LogP contribution in [0.1, 0.15) is 22.3 Å². The zero-order valence-corrected chi connectivity index (χ0v) is 10.4. The number of carbonyl (C=O) groups excluding carboxylic acids is 2. The van der Waals surface area contributed by atoms with Crippen LogP contribution in [0.5, 0.6) is 0 Å². The Labute approximate surface area is 103 Å². The van der Waals surface area contributed by atoms with E-state index >= 15 is 0 Å². The molecule has 0 aliphatic carbocycles. The second-order valence-electron chi connectivity index (χ2n) is 3.80. The third-order valence-electron chi connectivity index (χ3n) is 2.75. The van der Waals surface area contributed by atoms with E-state index < -0.39 is 0 Å². The van der Waals surface area contributed by atoms with Gasteiger partial charge in [-0.15, -0.1) is 0 Å². The van der Waals surface area contributed by atoms with Crippen molar-refractivity contribution in [2.75, 3.05) is 13.1 Å².